The number of hydrogen-bond donors (Lipinski definition) is 0. The summed E-state index contributed by atoms with van der Waals surface area (Å²) in [7, 11) is 0. The fourth-order valence-corrected chi connectivity index (χ4v) is 3.67. The molecule has 2 aliphatic rings. The Kier molecular flexibility index (Phi) is 4.55. The lowest BCUT2D eigenvalue weighted by atomic mass is 9.91. The fourth-order valence-electron chi connectivity index (χ4n) is 3.67. The maximum Gasteiger partial charge on any atom is 0.272 e. The van der Waals surface area contributed by atoms with E-state index in [0.717, 1.165) is 25.8 Å². The van der Waals surface area contributed by atoms with Gasteiger partial charge in [-0.05, 0) is 43.7 Å². The number of piperidine rings is 1. The van der Waals surface area contributed by atoms with Crippen LogP contribution in [0.25, 0.3) is 0 Å². The van der Waals surface area contributed by atoms with Crippen molar-refractivity contribution in [1.29, 1.82) is 0 Å². The van der Waals surface area contributed by atoms with E-state index in [0.29, 0.717) is 5.92 Å². The Labute approximate surface area is 128 Å². The van der Waals surface area contributed by atoms with Crippen LogP contribution in [0.2, 0.25) is 0 Å². The van der Waals surface area contributed by atoms with Crippen LogP contribution >= 0.6 is 0 Å². The second-order valence-corrected chi connectivity index (χ2v) is 5.96. The quantitative estimate of drug-likeness (QED) is 0.858. The van der Waals surface area contributed by atoms with E-state index < -0.39 is 13.0 Å². The molecule has 0 radical (unpaired) electrons. The van der Waals surface area contributed by atoms with Gasteiger partial charge in [-0.2, -0.15) is 0 Å². The summed E-state index contributed by atoms with van der Waals surface area (Å²) in [5.74, 6) is 0.446. The molecule has 0 bridgehead atoms. The Morgan fingerprint density at radius 1 is 1.36 bits per heavy atom. The Morgan fingerprint density at radius 3 is 3.00 bits per heavy atom. The molecule has 1 amide bonds. The summed E-state index contributed by atoms with van der Waals surface area (Å²) in [6.45, 7) is -0.0213. The topological polar surface area (TPSA) is 42.4 Å². The number of fused-ring (bicyclic) bond motifs is 1. The van der Waals surface area contributed by atoms with Gasteiger partial charge in [0, 0.05) is 18.8 Å². The molecule has 1 saturated carbocycles. The first-order chi connectivity index (χ1) is 10.7. The van der Waals surface area contributed by atoms with Gasteiger partial charge in [-0.1, -0.05) is 6.42 Å². The fraction of sp³-hybridized carbons (Fsp3) is 0.625. The Balaban J connectivity index is 1.79. The number of aromatic nitrogens is 1. The average molecular weight is 310 g/mol. The molecule has 1 aliphatic carbocycles. The largest absolute Gasteiger partial charge is 0.471 e. The van der Waals surface area contributed by atoms with Crippen molar-refractivity contribution < 1.29 is 18.3 Å². The number of amides is 1. The summed E-state index contributed by atoms with van der Waals surface area (Å²) in [5, 5.41) is 0. The minimum Gasteiger partial charge on any atom is -0.471 e. The van der Waals surface area contributed by atoms with Crippen molar-refractivity contribution in [2.45, 2.75) is 44.6 Å². The molecule has 22 heavy (non-hydrogen) atoms. The molecule has 3 rings (SSSR count). The summed E-state index contributed by atoms with van der Waals surface area (Å²) in [6.07, 6.45) is 4.41. The predicted octanol–water partition coefficient (Wildman–Crippen LogP) is 3.13. The third-order valence-corrected chi connectivity index (χ3v) is 4.60. The van der Waals surface area contributed by atoms with Gasteiger partial charge in [0.1, 0.15) is 5.56 Å². The number of ether oxygens (including phenoxy) is 1. The minimum absolute atomic E-state index is 0.00733. The second-order valence-electron chi connectivity index (χ2n) is 5.96. The van der Waals surface area contributed by atoms with Crippen molar-refractivity contribution in [3.05, 3.63) is 23.9 Å². The number of likely N-dealkylation sites (tertiary alicyclic amines) is 1. The highest BCUT2D eigenvalue weighted by molar-refractivity contribution is 5.96. The Bertz CT molecular complexity index is 539. The summed E-state index contributed by atoms with van der Waals surface area (Å²) in [4.78, 5) is 18.7. The molecule has 4 nitrogen and oxygen atoms in total. The van der Waals surface area contributed by atoms with Crippen molar-refractivity contribution in [3.63, 3.8) is 0 Å². The van der Waals surface area contributed by atoms with E-state index in [4.69, 9.17) is 4.74 Å². The lowest BCUT2D eigenvalue weighted by Crippen LogP contribution is -2.46. The lowest BCUT2D eigenvalue weighted by Gasteiger charge is -2.38. The van der Waals surface area contributed by atoms with Crippen molar-refractivity contribution >= 4 is 5.91 Å². The highest BCUT2D eigenvalue weighted by Gasteiger charge is 2.38. The monoisotopic (exact) mass is 310 g/mol. The summed E-state index contributed by atoms with van der Waals surface area (Å²) in [5.41, 5.74) is 0.288. The molecule has 2 fully saturated rings. The molecular formula is C16H20F2N2O2. The molecule has 0 spiro atoms. The third-order valence-electron chi connectivity index (χ3n) is 4.60. The van der Waals surface area contributed by atoms with Crippen LogP contribution < -0.4 is 4.74 Å². The van der Waals surface area contributed by atoms with Crippen molar-refractivity contribution in [3.8, 4) is 5.88 Å². The van der Waals surface area contributed by atoms with Crippen molar-refractivity contribution in [1.82, 2.24) is 9.88 Å². The maximum atomic E-state index is 12.8. The van der Waals surface area contributed by atoms with E-state index in [1.807, 2.05) is 4.90 Å². The highest BCUT2D eigenvalue weighted by atomic mass is 19.3. The first-order valence-electron chi connectivity index (χ1n) is 7.83. The van der Waals surface area contributed by atoms with Gasteiger partial charge < -0.3 is 9.64 Å². The van der Waals surface area contributed by atoms with Gasteiger partial charge in [-0.15, -0.1) is 0 Å². The molecule has 1 aromatic rings. The molecule has 0 unspecified atom stereocenters. The molecule has 1 saturated heterocycles. The van der Waals surface area contributed by atoms with Crippen molar-refractivity contribution in [2.75, 3.05) is 13.2 Å². The number of nitrogens with zero attached hydrogens (tertiary/aromatic N) is 2. The van der Waals surface area contributed by atoms with E-state index in [-0.39, 0.29) is 23.4 Å². The average Bonchev–Trinajstić information content (AvgIpc) is 3.01. The van der Waals surface area contributed by atoms with E-state index in [1.165, 1.54) is 19.0 Å². The van der Waals surface area contributed by atoms with Crippen LogP contribution in [0.3, 0.4) is 0 Å². The van der Waals surface area contributed by atoms with Crippen molar-refractivity contribution in [2.24, 2.45) is 5.92 Å². The molecule has 2 atom stereocenters. The van der Waals surface area contributed by atoms with E-state index in [2.05, 4.69) is 4.98 Å². The number of rotatable bonds is 4. The Hall–Kier alpha value is -1.72. The zero-order chi connectivity index (χ0) is 15.5. The Morgan fingerprint density at radius 2 is 2.18 bits per heavy atom. The zero-order valence-electron chi connectivity index (χ0n) is 12.4. The normalized spacial score (nSPS) is 24.4. The van der Waals surface area contributed by atoms with Crippen LogP contribution in [-0.2, 0) is 0 Å². The van der Waals surface area contributed by atoms with Gasteiger partial charge in [0.25, 0.3) is 12.3 Å². The summed E-state index contributed by atoms with van der Waals surface area (Å²) in [6, 6.07) is 3.53. The van der Waals surface area contributed by atoms with Gasteiger partial charge >= 0.3 is 0 Å². The lowest BCUT2D eigenvalue weighted by molar-refractivity contribution is 0.0528. The number of pyridine rings is 1. The molecule has 1 aromatic heterocycles. The van der Waals surface area contributed by atoms with Crippen LogP contribution in [0.1, 0.15) is 42.5 Å². The first-order valence-corrected chi connectivity index (χ1v) is 7.83. The van der Waals surface area contributed by atoms with Crippen LogP contribution in [0.5, 0.6) is 5.88 Å². The summed E-state index contributed by atoms with van der Waals surface area (Å²) >= 11 is 0. The first kappa shape index (κ1) is 15.2. The van der Waals surface area contributed by atoms with E-state index in [1.54, 1.807) is 12.1 Å². The number of hydrogen-bond acceptors (Lipinski definition) is 3. The van der Waals surface area contributed by atoms with Crippen LogP contribution in [0.4, 0.5) is 8.78 Å². The second kappa shape index (κ2) is 6.58. The number of carbonyl (C=O) groups excluding carboxylic acids is 1. The van der Waals surface area contributed by atoms with Crippen LogP contribution in [-0.4, -0.2) is 41.4 Å². The molecule has 1 aliphatic heterocycles. The maximum absolute atomic E-state index is 12.8. The number of halogens is 2. The van der Waals surface area contributed by atoms with Gasteiger partial charge in [0.15, 0.2) is 6.61 Å². The van der Waals surface area contributed by atoms with Gasteiger partial charge in [-0.3, -0.25) is 4.79 Å². The number of carbonyl (C=O) groups is 1. The van der Waals surface area contributed by atoms with Gasteiger partial charge in [-0.25, -0.2) is 13.8 Å². The molecule has 0 N–H and O–H groups in total. The SMILES string of the molecule is O=C(c1cccnc1OCC(F)F)N1CCC[C@H]2CCC[C@@H]21. The molecular weight excluding hydrogens is 290 g/mol. The molecule has 120 valence electrons. The number of alkyl halides is 2. The predicted molar refractivity (Wildman–Crippen MR) is 77.1 cm³/mol. The summed E-state index contributed by atoms with van der Waals surface area (Å²) < 4.78 is 29.7. The van der Waals surface area contributed by atoms with Gasteiger partial charge in [0.05, 0.1) is 0 Å². The molecule has 2 heterocycles. The van der Waals surface area contributed by atoms with Crippen LogP contribution in [0.15, 0.2) is 18.3 Å². The molecule has 0 aromatic carbocycles. The van der Waals surface area contributed by atoms with Gasteiger partial charge in [0.2, 0.25) is 5.88 Å². The van der Waals surface area contributed by atoms with Crippen LogP contribution in [0, 0.1) is 5.92 Å². The molecule has 6 heteroatoms. The smallest absolute Gasteiger partial charge is 0.272 e. The minimum atomic E-state index is -2.58. The highest BCUT2D eigenvalue weighted by Crippen LogP contribution is 2.37. The van der Waals surface area contributed by atoms with E-state index in [9.17, 15) is 13.6 Å². The standard InChI is InChI=1S/C16H20F2N2O2/c17-14(18)10-22-15-12(6-2-8-19-15)16(21)20-9-3-5-11-4-1-7-13(11)20/h2,6,8,11,13-14H,1,3-5,7,9-10H2/t11-,13+/m1/s1. The zero-order valence-corrected chi connectivity index (χ0v) is 12.4. The van der Waals surface area contributed by atoms with E-state index >= 15 is 0 Å². The third kappa shape index (κ3) is 3.05.